The van der Waals surface area contributed by atoms with E-state index in [1.807, 2.05) is 30.3 Å². The van der Waals surface area contributed by atoms with Crippen molar-refractivity contribution in [1.29, 1.82) is 0 Å². The summed E-state index contributed by atoms with van der Waals surface area (Å²) in [6.07, 6.45) is 1.63. The summed E-state index contributed by atoms with van der Waals surface area (Å²) in [6.45, 7) is 0. The van der Waals surface area contributed by atoms with Crippen molar-refractivity contribution in [3.05, 3.63) is 48.7 Å². The van der Waals surface area contributed by atoms with E-state index in [2.05, 4.69) is 5.16 Å². The van der Waals surface area contributed by atoms with Gasteiger partial charge in [0, 0.05) is 11.1 Å². The maximum atomic E-state index is 9.93. The zero-order valence-corrected chi connectivity index (χ0v) is 12.2. The second kappa shape index (κ2) is 5.81. The molecule has 0 aliphatic rings. The van der Waals surface area contributed by atoms with Crippen LogP contribution in [0.3, 0.4) is 0 Å². The number of phenolic OH excluding ortho intramolecular Hbond substituents is 1. The van der Waals surface area contributed by atoms with Gasteiger partial charge < -0.3 is 19.1 Å². The van der Waals surface area contributed by atoms with Crippen molar-refractivity contribution in [1.82, 2.24) is 5.16 Å². The number of aromatic nitrogens is 1. The Kier molecular flexibility index (Phi) is 3.70. The number of phenols is 1. The molecule has 0 saturated carbocycles. The highest BCUT2D eigenvalue weighted by Gasteiger charge is 2.14. The van der Waals surface area contributed by atoms with Crippen LogP contribution in [0.2, 0.25) is 0 Å². The molecular weight excluding hydrogens is 282 g/mol. The summed E-state index contributed by atoms with van der Waals surface area (Å²) in [5, 5.41) is 13.8. The molecule has 2 aromatic carbocycles. The van der Waals surface area contributed by atoms with Gasteiger partial charge in [0.15, 0.2) is 17.3 Å². The Bertz CT molecular complexity index is 778. The number of aromatic hydroxyl groups is 1. The normalized spacial score (nSPS) is 10.5. The Morgan fingerprint density at radius 3 is 2.32 bits per heavy atom. The van der Waals surface area contributed by atoms with E-state index in [-0.39, 0.29) is 5.75 Å². The van der Waals surface area contributed by atoms with E-state index >= 15 is 0 Å². The monoisotopic (exact) mass is 297 g/mol. The third kappa shape index (κ3) is 2.48. The first-order valence-electron chi connectivity index (χ1n) is 6.69. The molecule has 0 bridgehead atoms. The zero-order chi connectivity index (χ0) is 15.5. The predicted octanol–water partition coefficient (Wildman–Crippen LogP) is 3.73. The Labute approximate surface area is 127 Å². The van der Waals surface area contributed by atoms with Gasteiger partial charge in [-0.2, -0.15) is 0 Å². The van der Waals surface area contributed by atoms with E-state index in [0.29, 0.717) is 11.5 Å². The van der Waals surface area contributed by atoms with E-state index < -0.39 is 0 Å². The van der Waals surface area contributed by atoms with Crippen molar-refractivity contribution < 1.29 is 19.1 Å². The smallest absolute Gasteiger partial charge is 0.174 e. The molecular formula is C17H15NO4. The summed E-state index contributed by atoms with van der Waals surface area (Å²) >= 11 is 0. The molecule has 0 unspecified atom stereocenters. The fourth-order valence-corrected chi connectivity index (χ4v) is 2.25. The van der Waals surface area contributed by atoms with Gasteiger partial charge in [-0.1, -0.05) is 11.2 Å². The van der Waals surface area contributed by atoms with Gasteiger partial charge in [-0.25, -0.2) is 0 Å². The molecule has 5 nitrogen and oxygen atoms in total. The molecule has 0 radical (unpaired) electrons. The first-order valence-corrected chi connectivity index (χ1v) is 6.69. The van der Waals surface area contributed by atoms with Crippen molar-refractivity contribution in [3.63, 3.8) is 0 Å². The fourth-order valence-electron chi connectivity index (χ4n) is 2.25. The molecule has 0 spiro atoms. The minimum absolute atomic E-state index is 0.0712. The highest BCUT2D eigenvalue weighted by molar-refractivity contribution is 5.80. The van der Waals surface area contributed by atoms with Gasteiger partial charge in [0.05, 0.1) is 20.4 Å². The number of hydrogen-bond acceptors (Lipinski definition) is 5. The van der Waals surface area contributed by atoms with Crippen LogP contribution in [0.15, 0.2) is 53.2 Å². The molecule has 0 amide bonds. The van der Waals surface area contributed by atoms with Gasteiger partial charge in [-0.15, -0.1) is 0 Å². The standard InChI is InChI=1S/C17H15NO4/c1-20-13-6-3-11(4-7-13)17-14(10-18-22-17)12-5-8-16(21-2)15(19)9-12/h3-10,19H,1-2H3. The third-order valence-corrected chi connectivity index (χ3v) is 3.41. The summed E-state index contributed by atoms with van der Waals surface area (Å²) in [5.41, 5.74) is 2.47. The van der Waals surface area contributed by atoms with Gasteiger partial charge in [0.2, 0.25) is 0 Å². The van der Waals surface area contributed by atoms with Crippen LogP contribution in [0.5, 0.6) is 17.2 Å². The zero-order valence-electron chi connectivity index (χ0n) is 12.2. The van der Waals surface area contributed by atoms with Gasteiger partial charge in [-0.3, -0.25) is 0 Å². The minimum atomic E-state index is 0.0712. The third-order valence-electron chi connectivity index (χ3n) is 3.41. The van der Waals surface area contributed by atoms with Crippen molar-refractivity contribution >= 4 is 0 Å². The quantitative estimate of drug-likeness (QED) is 0.795. The van der Waals surface area contributed by atoms with Crippen molar-refractivity contribution in [2.45, 2.75) is 0 Å². The number of nitrogens with zero attached hydrogens (tertiary/aromatic N) is 1. The van der Waals surface area contributed by atoms with Crippen molar-refractivity contribution in [2.24, 2.45) is 0 Å². The molecule has 1 heterocycles. The molecule has 1 aromatic heterocycles. The van der Waals surface area contributed by atoms with Crippen LogP contribution in [0.4, 0.5) is 0 Å². The summed E-state index contributed by atoms with van der Waals surface area (Å²) < 4.78 is 15.6. The largest absolute Gasteiger partial charge is 0.504 e. The second-order valence-corrected chi connectivity index (χ2v) is 4.68. The summed E-state index contributed by atoms with van der Waals surface area (Å²) in [4.78, 5) is 0. The van der Waals surface area contributed by atoms with Crippen LogP contribution >= 0.6 is 0 Å². The Balaban J connectivity index is 2.02. The number of rotatable bonds is 4. The van der Waals surface area contributed by atoms with Crippen LogP contribution in [-0.4, -0.2) is 24.5 Å². The van der Waals surface area contributed by atoms with Crippen LogP contribution in [0.25, 0.3) is 22.5 Å². The first-order chi connectivity index (χ1) is 10.7. The van der Waals surface area contributed by atoms with Crippen LogP contribution in [0.1, 0.15) is 0 Å². The van der Waals surface area contributed by atoms with Crippen molar-refractivity contribution in [2.75, 3.05) is 14.2 Å². The molecule has 1 N–H and O–H groups in total. The SMILES string of the molecule is COc1ccc(-c2oncc2-c2ccc(OC)c(O)c2)cc1. The van der Waals surface area contributed by atoms with E-state index in [4.69, 9.17) is 14.0 Å². The van der Waals surface area contributed by atoms with Gasteiger partial charge in [0.1, 0.15) is 5.75 Å². The predicted molar refractivity (Wildman–Crippen MR) is 82.1 cm³/mol. The molecule has 3 rings (SSSR count). The van der Waals surface area contributed by atoms with E-state index in [1.54, 1.807) is 25.4 Å². The maximum absolute atomic E-state index is 9.93. The van der Waals surface area contributed by atoms with Crippen LogP contribution in [0, 0.1) is 0 Å². The van der Waals surface area contributed by atoms with E-state index in [9.17, 15) is 5.11 Å². The topological polar surface area (TPSA) is 64.7 Å². The molecule has 5 heteroatoms. The Morgan fingerprint density at radius 2 is 1.68 bits per heavy atom. The van der Waals surface area contributed by atoms with E-state index in [1.165, 1.54) is 7.11 Å². The Hall–Kier alpha value is -2.95. The average molecular weight is 297 g/mol. The molecule has 0 atom stereocenters. The summed E-state index contributed by atoms with van der Waals surface area (Å²) in [6, 6.07) is 12.7. The highest BCUT2D eigenvalue weighted by atomic mass is 16.5. The lowest BCUT2D eigenvalue weighted by Crippen LogP contribution is -1.86. The lowest BCUT2D eigenvalue weighted by molar-refractivity contribution is 0.373. The van der Waals surface area contributed by atoms with Gasteiger partial charge in [0.25, 0.3) is 0 Å². The van der Waals surface area contributed by atoms with E-state index in [0.717, 1.165) is 22.4 Å². The number of ether oxygens (including phenoxy) is 2. The molecule has 112 valence electrons. The van der Waals surface area contributed by atoms with Gasteiger partial charge in [-0.05, 0) is 42.0 Å². The summed E-state index contributed by atoms with van der Waals surface area (Å²) in [5.74, 6) is 1.90. The Morgan fingerprint density at radius 1 is 0.955 bits per heavy atom. The molecule has 0 saturated heterocycles. The lowest BCUT2D eigenvalue weighted by Gasteiger charge is -2.06. The molecule has 0 aliphatic heterocycles. The average Bonchev–Trinajstić information content (AvgIpc) is 3.04. The molecule has 3 aromatic rings. The lowest BCUT2D eigenvalue weighted by atomic mass is 10.0. The number of hydrogen-bond donors (Lipinski definition) is 1. The summed E-state index contributed by atoms with van der Waals surface area (Å²) in [7, 11) is 3.13. The van der Waals surface area contributed by atoms with Gasteiger partial charge >= 0.3 is 0 Å². The highest BCUT2D eigenvalue weighted by Crippen LogP contribution is 2.36. The molecule has 0 fully saturated rings. The first kappa shape index (κ1) is 14.0. The maximum Gasteiger partial charge on any atom is 0.174 e. The van der Waals surface area contributed by atoms with Crippen LogP contribution < -0.4 is 9.47 Å². The number of benzene rings is 2. The minimum Gasteiger partial charge on any atom is -0.504 e. The second-order valence-electron chi connectivity index (χ2n) is 4.68. The van der Waals surface area contributed by atoms with Crippen LogP contribution in [-0.2, 0) is 0 Å². The molecule has 22 heavy (non-hydrogen) atoms. The fraction of sp³-hybridized carbons (Fsp3) is 0.118. The van der Waals surface area contributed by atoms with Crippen molar-refractivity contribution in [3.8, 4) is 39.7 Å². The molecule has 0 aliphatic carbocycles. The number of methoxy groups -OCH3 is 2.